The van der Waals surface area contributed by atoms with E-state index < -0.39 is 0 Å². The molecule has 0 aliphatic rings. The zero-order chi connectivity index (χ0) is 18.5. The highest BCUT2D eigenvalue weighted by molar-refractivity contribution is 7.18. The molecule has 0 bridgehead atoms. The van der Waals surface area contributed by atoms with Crippen LogP contribution in [0.5, 0.6) is 0 Å². The quantitative estimate of drug-likeness (QED) is 0.384. The Kier molecular flexibility index (Phi) is 3.62. The van der Waals surface area contributed by atoms with Crippen molar-refractivity contribution in [3.8, 4) is 17.1 Å². The SMILES string of the molecule is Cc1nc2c(-c3n(-c4ccccc4)c4ccccc4[n+]3C)c(C)ccc2s1. The van der Waals surface area contributed by atoms with Gasteiger partial charge in [0.1, 0.15) is 5.69 Å². The van der Waals surface area contributed by atoms with Gasteiger partial charge < -0.3 is 0 Å². The van der Waals surface area contributed by atoms with Crippen LogP contribution in [0.1, 0.15) is 10.6 Å². The van der Waals surface area contributed by atoms with Crippen molar-refractivity contribution in [1.29, 1.82) is 0 Å². The normalized spacial score (nSPS) is 11.5. The molecular weight excluding hydrogens is 350 g/mol. The standard InChI is InChI=1S/C23H20N3S/c1-15-13-14-20-22(24-16(2)27-20)21(15)23-25(3)18-11-7-8-12-19(18)26(23)17-9-5-4-6-10-17/h4-14H,1-3H3/q+1. The summed E-state index contributed by atoms with van der Waals surface area (Å²) in [4.78, 5) is 4.89. The van der Waals surface area contributed by atoms with Gasteiger partial charge in [-0.25, -0.2) is 9.55 Å². The molecule has 0 atom stereocenters. The van der Waals surface area contributed by atoms with Crippen molar-refractivity contribution in [3.05, 3.63) is 77.3 Å². The summed E-state index contributed by atoms with van der Waals surface area (Å²) in [6.07, 6.45) is 0. The third-order valence-corrected chi connectivity index (χ3v) is 6.06. The monoisotopic (exact) mass is 370 g/mol. The number of thiazole rings is 1. The molecule has 0 saturated heterocycles. The minimum absolute atomic E-state index is 1.09. The van der Waals surface area contributed by atoms with Crippen LogP contribution in [0, 0.1) is 13.8 Å². The molecule has 0 aliphatic carbocycles. The van der Waals surface area contributed by atoms with Gasteiger partial charge in [-0.05, 0) is 49.7 Å². The van der Waals surface area contributed by atoms with Crippen LogP contribution in [0.15, 0.2) is 66.7 Å². The number of para-hydroxylation sites is 3. The minimum Gasteiger partial charge on any atom is -0.241 e. The van der Waals surface area contributed by atoms with Crippen molar-refractivity contribution in [3.63, 3.8) is 0 Å². The lowest BCUT2D eigenvalue weighted by molar-refractivity contribution is -0.633. The fraction of sp³-hybridized carbons (Fsp3) is 0.130. The fourth-order valence-electron chi connectivity index (χ4n) is 3.92. The predicted molar refractivity (Wildman–Crippen MR) is 113 cm³/mol. The number of imidazole rings is 1. The number of aromatic nitrogens is 3. The smallest absolute Gasteiger partial charge is 0.241 e. The van der Waals surface area contributed by atoms with Crippen molar-refractivity contribution < 1.29 is 4.57 Å². The van der Waals surface area contributed by atoms with E-state index in [0.717, 1.165) is 22.0 Å². The number of aryl methyl sites for hydroxylation is 3. The Hall–Kier alpha value is -2.98. The van der Waals surface area contributed by atoms with Gasteiger partial charge in [0.25, 0.3) is 5.82 Å². The van der Waals surface area contributed by atoms with Crippen LogP contribution in [0.4, 0.5) is 0 Å². The van der Waals surface area contributed by atoms with E-state index in [4.69, 9.17) is 4.98 Å². The van der Waals surface area contributed by atoms with E-state index in [1.807, 2.05) is 0 Å². The first-order valence-corrected chi connectivity index (χ1v) is 9.89. The van der Waals surface area contributed by atoms with Gasteiger partial charge in [0.15, 0.2) is 11.0 Å². The second-order valence-corrected chi connectivity index (χ2v) is 8.11. The first-order chi connectivity index (χ1) is 13.1. The average molecular weight is 371 g/mol. The fourth-order valence-corrected chi connectivity index (χ4v) is 4.76. The van der Waals surface area contributed by atoms with E-state index >= 15 is 0 Å². The van der Waals surface area contributed by atoms with E-state index in [1.165, 1.54) is 26.9 Å². The molecule has 4 heteroatoms. The Morgan fingerprint density at radius 2 is 1.63 bits per heavy atom. The van der Waals surface area contributed by atoms with Gasteiger partial charge in [0.05, 0.1) is 27.8 Å². The number of hydrogen-bond donors (Lipinski definition) is 0. The van der Waals surface area contributed by atoms with Crippen LogP contribution in [-0.4, -0.2) is 9.55 Å². The molecule has 0 spiro atoms. The van der Waals surface area contributed by atoms with Crippen LogP contribution in [0.25, 0.3) is 38.3 Å². The summed E-state index contributed by atoms with van der Waals surface area (Å²) in [7, 11) is 2.15. The number of hydrogen-bond acceptors (Lipinski definition) is 2. The maximum absolute atomic E-state index is 4.89. The maximum Gasteiger partial charge on any atom is 0.297 e. The van der Waals surface area contributed by atoms with Gasteiger partial charge in [-0.3, -0.25) is 0 Å². The second-order valence-electron chi connectivity index (χ2n) is 6.88. The van der Waals surface area contributed by atoms with Gasteiger partial charge in [-0.1, -0.05) is 36.4 Å². The number of nitrogens with zero attached hydrogens (tertiary/aromatic N) is 3. The van der Waals surface area contributed by atoms with E-state index in [9.17, 15) is 0 Å². The highest BCUT2D eigenvalue weighted by Crippen LogP contribution is 2.35. The largest absolute Gasteiger partial charge is 0.297 e. The Morgan fingerprint density at radius 3 is 2.44 bits per heavy atom. The lowest BCUT2D eigenvalue weighted by Gasteiger charge is -2.07. The molecule has 2 aromatic heterocycles. The van der Waals surface area contributed by atoms with Gasteiger partial charge in [-0.15, -0.1) is 11.3 Å². The van der Waals surface area contributed by atoms with Gasteiger partial charge in [0.2, 0.25) is 0 Å². The first kappa shape index (κ1) is 16.2. The molecule has 3 aromatic carbocycles. The molecule has 132 valence electrons. The third kappa shape index (κ3) is 2.41. The molecule has 0 amide bonds. The van der Waals surface area contributed by atoms with Crippen LogP contribution >= 0.6 is 11.3 Å². The Morgan fingerprint density at radius 1 is 0.889 bits per heavy atom. The van der Waals surface area contributed by atoms with Gasteiger partial charge >= 0.3 is 0 Å². The van der Waals surface area contributed by atoms with Crippen molar-refractivity contribution >= 4 is 32.6 Å². The maximum atomic E-state index is 4.89. The summed E-state index contributed by atoms with van der Waals surface area (Å²) in [5, 5.41) is 1.10. The lowest BCUT2D eigenvalue weighted by Crippen LogP contribution is -2.30. The van der Waals surface area contributed by atoms with E-state index in [0.29, 0.717) is 0 Å². The highest BCUT2D eigenvalue weighted by Gasteiger charge is 2.29. The van der Waals surface area contributed by atoms with Gasteiger partial charge in [-0.2, -0.15) is 4.57 Å². The van der Waals surface area contributed by atoms with Gasteiger partial charge in [0, 0.05) is 0 Å². The second kappa shape index (κ2) is 6.03. The van der Waals surface area contributed by atoms with E-state index in [2.05, 4.69) is 96.8 Å². The minimum atomic E-state index is 1.09. The molecule has 0 aliphatic heterocycles. The molecule has 5 aromatic rings. The summed E-state index contributed by atoms with van der Waals surface area (Å²) in [5.74, 6) is 1.16. The zero-order valence-corrected chi connectivity index (χ0v) is 16.4. The Balaban J connectivity index is 1.99. The number of fused-ring (bicyclic) bond motifs is 2. The molecule has 0 radical (unpaired) electrons. The molecule has 3 nitrogen and oxygen atoms in total. The number of benzene rings is 3. The summed E-state index contributed by atoms with van der Waals surface area (Å²) >= 11 is 1.75. The molecule has 27 heavy (non-hydrogen) atoms. The Labute approximate surface area is 162 Å². The van der Waals surface area contributed by atoms with Crippen LogP contribution < -0.4 is 4.57 Å². The molecular formula is C23H20N3S+. The summed E-state index contributed by atoms with van der Waals surface area (Å²) < 4.78 is 5.88. The molecule has 5 rings (SSSR count). The summed E-state index contributed by atoms with van der Waals surface area (Å²) in [6, 6.07) is 23.5. The van der Waals surface area contributed by atoms with E-state index in [-0.39, 0.29) is 0 Å². The van der Waals surface area contributed by atoms with Crippen LogP contribution in [0.3, 0.4) is 0 Å². The first-order valence-electron chi connectivity index (χ1n) is 9.07. The molecule has 2 heterocycles. The van der Waals surface area contributed by atoms with Crippen LogP contribution in [0.2, 0.25) is 0 Å². The van der Waals surface area contributed by atoms with Crippen molar-refractivity contribution in [2.24, 2.45) is 7.05 Å². The summed E-state index contributed by atoms with van der Waals surface area (Å²) in [6.45, 7) is 4.26. The third-order valence-electron chi connectivity index (χ3n) is 5.13. The van der Waals surface area contributed by atoms with Crippen LogP contribution in [-0.2, 0) is 7.05 Å². The van der Waals surface area contributed by atoms with E-state index in [1.54, 1.807) is 11.3 Å². The molecule has 0 fully saturated rings. The number of rotatable bonds is 2. The molecule has 0 saturated carbocycles. The predicted octanol–water partition coefficient (Wildman–Crippen LogP) is 5.35. The molecule has 0 unspecified atom stereocenters. The van der Waals surface area contributed by atoms with Crippen molar-refractivity contribution in [2.75, 3.05) is 0 Å². The average Bonchev–Trinajstić information content (AvgIpc) is 3.20. The Bertz CT molecular complexity index is 1300. The van der Waals surface area contributed by atoms with Crippen molar-refractivity contribution in [1.82, 2.24) is 9.55 Å². The summed E-state index contributed by atoms with van der Waals surface area (Å²) in [5.41, 5.74) is 7.10. The lowest BCUT2D eigenvalue weighted by atomic mass is 10.1. The van der Waals surface area contributed by atoms with Crippen molar-refractivity contribution in [2.45, 2.75) is 13.8 Å². The molecule has 0 N–H and O–H groups in total. The zero-order valence-electron chi connectivity index (χ0n) is 15.6. The topological polar surface area (TPSA) is 21.7 Å². The highest BCUT2D eigenvalue weighted by atomic mass is 32.1.